The summed E-state index contributed by atoms with van der Waals surface area (Å²) in [5.41, 5.74) is 17.2. The van der Waals surface area contributed by atoms with E-state index in [4.69, 9.17) is 4.99 Å². The number of aromatic amines is 3. The van der Waals surface area contributed by atoms with Gasteiger partial charge in [-0.3, -0.25) is 14.4 Å². The zero-order valence-electron chi connectivity index (χ0n) is 49.1. The van der Waals surface area contributed by atoms with Crippen molar-refractivity contribution in [2.45, 2.75) is 83.5 Å². The van der Waals surface area contributed by atoms with E-state index in [9.17, 15) is 29.7 Å². The summed E-state index contributed by atoms with van der Waals surface area (Å²) < 4.78 is 0. The van der Waals surface area contributed by atoms with Crippen LogP contribution >= 0.6 is 0 Å². The van der Waals surface area contributed by atoms with Crippen molar-refractivity contribution in [1.82, 2.24) is 20.3 Å². The van der Waals surface area contributed by atoms with Crippen molar-refractivity contribution >= 4 is 45.7 Å². The summed E-state index contributed by atoms with van der Waals surface area (Å²) in [7, 11) is 0. The van der Waals surface area contributed by atoms with Crippen LogP contribution in [0.25, 0.3) is 16.7 Å². The van der Waals surface area contributed by atoms with Gasteiger partial charge in [0.1, 0.15) is 5.78 Å². The number of hydrogen-bond acceptors (Lipinski definition) is 7. The minimum absolute atomic E-state index is 0.0395. The van der Waals surface area contributed by atoms with E-state index in [1.165, 1.54) is 0 Å². The molecule has 0 spiro atoms. The molecule has 8 N–H and O–H groups in total. The monoisotopic (exact) mass is 1150 g/mol. The van der Waals surface area contributed by atoms with Crippen molar-refractivity contribution in [2.24, 2.45) is 58.3 Å². The van der Waals surface area contributed by atoms with Crippen LogP contribution in [0.4, 0.5) is 5.69 Å². The van der Waals surface area contributed by atoms with Gasteiger partial charge in [0.05, 0.1) is 35.6 Å². The Balaban J connectivity index is 0.765. The maximum absolute atomic E-state index is 14.3. The fourth-order valence-corrected chi connectivity index (χ4v) is 16.9. The number of aromatic nitrogens is 3. The lowest BCUT2D eigenvalue weighted by Crippen LogP contribution is -2.59. The molecule has 5 aromatic carbocycles. The number of allylic oxidation sites excluding steroid dienone is 2. The number of aliphatic hydroxyl groups is 3. The average molecular weight is 1150 g/mol. The Bertz CT molecular complexity index is 4240. The number of nitrogens with zero attached hydrogens (tertiary/aromatic N) is 1. The molecule has 3 aromatic heterocycles. The first kappa shape index (κ1) is 54.9. The zero-order valence-corrected chi connectivity index (χ0v) is 49.1. The number of hydrogen-bond donors (Lipinski definition) is 8. The third kappa shape index (κ3) is 9.73. The molecular formula is C75H72N6O6. The average Bonchev–Trinajstić information content (AvgIpc) is 1.59. The Morgan fingerprint density at radius 2 is 1.08 bits per heavy atom. The summed E-state index contributed by atoms with van der Waals surface area (Å²) >= 11 is 0. The SMILES string of the molecule is Cc1ccc(NC(=O)c2ccc(C3=C4C=CC(=N4)C(c4ccc(C)cc4)=c4ccc([nH]4)=C(c4ccc(C(=O)NCC5CCC6C(=O)C7C8CC(C7C(O)C6C5)C5C(O)CCC(O)C85)cc4)c4ccc([nH]4)C(c4ccc(C)cc4)c4ccc3[nH]4)cc2)cc1. The van der Waals surface area contributed by atoms with Crippen molar-refractivity contribution in [3.8, 4) is 0 Å². The van der Waals surface area contributed by atoms with Gasteiger partial charge in [-0.1, -0.05) is 102 Å². The number of aryl methyl sites for hydroxylation is 3. The quantitative estimate of drug-likeness (QED) is 0.0708. The highest BCUT2D eigenvalue weighted by atomic mass is 16.3. The maximum Gasteiger partial charge on any atom is 0.255 e. The number of amides is 2. The smallest absolute Gasteiger partial charge is 0.255 e. The molecule has 0 radical (unpaired) electrons. The number of rotatable bonds is 9. The topological polar surface area (TPSA) is 196 Å². The molecule has 438 valence electrons. The van der Waals surface area contributed by atoms with E-state index in [0.29, 0.717) is 43.4 Å². The largest absolute Gasteiger partial charge is 0.393 e. The van der Waals surface area contributed by atoms with Crippen LogP contribution in [0.3, 0.4) is 0 Å². The van der Waals surface area contributed by atoms with Crippen molar-refractivity contribution in [3.05, 3.63) is 259 Å². The van der Waals surface area contributed by atoms with Crippen LogP contribution in [0.2, 0.25) is 0 Å². The molecule has 5 heterocycles. The predicted molar refractivity (Wildman–Crippen MR) is 338 cm³/mol. The van der Waals surface area contributed by atoms with Crippen molar-refractivity contribution in [3.63, 3.8) is 0 Å². The van der Waals surface area contributed by atoms with Crippen LogP contribution < -0.4 is 21.3 Å². The van der Waals surface area contributed by atoms with Gasteiger partial charge in [0.2, 0.25) is 0 Å². The molecule has 0 saturated heterocycles. The van der Waals surface area contributed by atoms with Gasteiger partial charge in [0.15, 0.2) is 0 Å². The van der Waals surface area contributed by atoms with Gasteiger partial charge >= 0.3 is 0 Å². The number of ketones is 1. The second-order valence-electron chi connectivity index (χ2n) is 26.1. The number of carbonyl (C=O) groups excluding carboxylic acids is 3. The lowest BCUT2D eigenvalue weighted by Gasteiger charge is -2.54. The molecule has 87 heavy (non-hydrogen) atoms. The number of aliphatic hydroxyl groups excluding tert-OH is 3. The standard InChI is InChI=1S/C75H72N6O6/c1-39-4-11-43(12-5-39)64-54-26-30-58(78-54)66(45-15-19-47(20-16-45)74(86)76-38-42-10-25-50-51(36-42)73(85)71-53-37-52(70(71)72(50)84)68-62(82)34-35-63(83)69(53)68)59-31-27-55(79-59)65(44-13-6-40(2)7-14-44)57-29-33-61(81-57)67(60-32-28-56(64)80-60)46-17-21-48(22-18-46)75(87)77-49-23-8-41(3)9-24-49/h4-9,11-24,26-33,42,50-53,62-64,68-71,73,78-80,82-83,85H,10,25,34-38H2,1-3H3,(H,76,86)(H,77,87). The minimum Gasteiger partial charge on any atom is -0.393 e. The third-order valence-corrected chi connectivity index (χ3v) is 21.0. The number of fused-ring (bicyclic) bond motifs is 16. The molecule has 12 heteroatoms. The van der Waals surface area contributed by atoms with Crippen molar-refractivity contribution in [1.29, 1.82) is 0 Å². The van der Waals surface area contributed by atoms with Gasteiger partial charge in [0, 0.05) is 85.4 Å². The summed E-state index contributed by atoms with van der Waals surface area (Å²) in [6.07, 6.45) is 6.64. The number of anilines is 1. The predicted octanol–water partition coefficient (Wildman–Crippen LogP) is 10.6. The molecular weight excluding hydrogens is 1080 g/mol. The number of Topliss-reactive ketones (excluding diaryl/α,β-unsaturated/α-hetero) is 1. The Morgan fingerprint density at radius 1 is 0.529 bits per heavy atom. The van der Waals surface area contributed by atoms with E-state index < -0.39 is 18.3 Å². The molecule has 12 nitrogen and oxygen atoms in total. The van der Waals surface area contributed by atoms with Crippen molar-refractivity contribution in [2.75, 3.05) is 11.9 Å². The molecule has 5 saturated carbocycles. The minimum atomic E-state index is -0.633. The Labute approximate surface area is 506 Å². The first-order valence-corrected chi connectivity index (χ1v) is 31.2. The Morgan fingerprint density at radius 3 is 1.74 bits per heavy atom. The second kappa shape index (κ2) is 21.9. The van der Waals surface area contributed by atoms with Crippen molar-refractivity contribution < 1.29 is 29.7 Å². The molecule has 8 aromatic rings. The number of carbonyl (C=O) groups is 3. The molecule has 13 atom stereocenters. The second-order valence-corrected chi connectivity index (χ2v) is 26.1. The van der Waals surface area contributed by atoms with Crippen LogP contribution in [0.15, 0.2) is 181 Å². The van der Waals surface area contributed by atoms with E-state index in [2.05, 4.69) is 137 Å². The summed E-state index contributed by atoms with van der Waals surface area (Å²) in [5, 5.41) is 42.4. The summed E-state index contributed by atoms with van der Waals surface area (Å²) in [5.74, 6) is -1.01. The van der Waals surface area contributed by atoms with Gasteiger partial charge in [-0.25, -0.2) is 4.99 Å². The summed E-state index contributed by atoms with van der Waals surface area (Å²) in [4.78, 5) is 59.2. The van der Waals surface area contributed by atoms with E-state index in [-0.39, 0.29) is 76.8 Å². The number of H-pyrrole nitrogens is 3. The fourth-order valence-electron chi connectivity index (χ4n) is 16.9. The molecule has 5 aliphatic carbocycles. The maximum atomic E-state index is 14.3. The van der Waals surface area contributed by atoms with Crippen LogP contribution in [-0.4, -0.2) is 78.4 Å². The lowest BCUT2D eigenvalue weighted by atomic mass is 9.51. The van der Waals surface area contributed by atoms with Crippen LogP contribution in [-0.2, 0) is 4.79 Å². The fraction of sp³-hybridized carbons (Fsp3) is 0.307. The van der Waals surface area contributed by atoms with Gasteiger partial charge in [-0.15, -0.1) is 0 Å². The van der Waals surface area contributed by atoms with Crippen LogP contribution in [0.5, 0.6) is 0 Å². The van der Waals surface area contributed by atoms with Gasteiger partial charge in [-0.2, -0.15) is 0 Å². The molecule has 5 fully saturated rings. The number of aliphatic imine (C=N–C) groups is 1. The van der Waals surface area contributed by atoms with Gasteiger partial charge in [-0.05, 0) is 208 Å². The highest BCUT2D eigenvalue weighted by Crippen LogP contribution is 2.66. The summed E-state index contributed by atoms with van der Waals surface area (Å²) in [6.45, 7) is 6.65. The molecule has 2 aliphatic heterocycles. The molecule has 15 rings (SSSR count). The van der Waals surface area contributed by atoms with E-state index >= 15 is 0 Å². The lowest BCUT2D eigenvalue weighted by molar-refractivity contribution is -0.169. The summed E-state index contributed by atoms with van der Waals surface area (Å²) in [6, 6.07) is 53.3. The molecule has 13 unspecified atom stereocenters. The van der Waals surface area contributed by atoms with E-state index in [0.717, 1.165) is 119 Å². The third-order valence-electron chi connectivity index (χ3n) is 21.0. The molecule has 2 amide bonds. The first-order valence-electron chi connectivity index (χ1n) is 31.2. The highest BCUT2D eigenvalue weighted by Gasteiger charge is 2.68. The van der Waals surface area contributed by atoms with E-state index in [1.54, 1.807) is 0 Å². The Hall–Kier alpha value is -8.68. The normalized spacial score (nSPS) is 27.8. The van der Waals surface area contributed by atoms with Gasteiger partial charge < -0.3 is 40.9 Å². The number of nitrogens with one attached hydrogen (secondary N) is 5. The van der Waals surface area contributed by atoms with E-state index in [1.807, 2.05) is 79.7 Å². The Kier molecular flexibility index (Phi) is 13.8. The van der Waals surface area contributed by atoms with Crippen LogP contribution in [0.1, 0.15) is 127 Å². The first-order chi connectivity index (χ1) is 42.3. The highest BCUT2D eigenvalue weighted by molar-refractivity contribution is 6.30. The zero-order chi connectivity index (χ0) is 59.4. The van der Waals surface area contributed by atoms with Crippen LogP contribution in [0, 0.1) is 74.0 Å². The number of benzene rings is 5. The molecule has 7 aliphatic rings. The molecule has 10 bridgehead atoms. The van der Waals surface area contributed by atoms with Gasteiger partial charge in [0.25, 0.3) is 11.8 Å².